The lowest BCUT2D eigenvalue weighted by Crippen LogP contribution is -2.45. The molecular formula is C12H12Cl2N4. The number of aliphatic imine (C=N–C) groups is 1. The predicted molar refractivity (Wildman–Crippen MR) is 74.6 cm³/mol. The van der Waals surface area contributed by atoms with E-state index in [-0.39, 0.29) is 0 Å². The third-order valence-electron chi connectivity index (χ3n) is 3.05. The van der Waals surface area contributed by atoms with Gasteiger partial charge in [0.15, 0.2) is 0 Å². The van der Waals surface area contributed by atoms with Gasteiger partial charge in [0.25, 0.3) is 0 Å². The summed E-state index contributed by atoms with van der Waals surface area (Å²) >= 11 is 12.1. The van der Waals surface area contributed by atoms with Crippen molar-refractivity contribution in [2.45, 2.75) is 0 Å². The molecule has 2 aliphatic heterocycles. The SMILES string of the molecule is CN1N=C(c2ccc(Cl)cc2Cl)CN2CCN=C21. The van der Waals surface area contributed by atoms with Crippen LogP contribution in [0.1, 0.15) is 5.56 Å². The van der Waals surface area contributed by atoms with E-state index in [1.807, 2.05) is 19.2 Å². The Labute approximate surface area is 115 Å². The fraction of sp³-hybridized carbons (Fsp3) is 0.333. The van der Waals surface area contributed by atoms with Crippen molar-refractivity contribution < 1.29 is 0 Å². The van der Waals surface area contributed by atoms with Gasteiger partial charge in [0.2, 0.25) is 5.96 Å². The first-order valence-electron chi connectivity index (χ1n) is 5.71. The van der Waals surface area contributed by atoms with Gasteiger partial charge >= 0.3 is 0 Å². The summed E-state index contributed by atoms with van der Waals surface area (Å²) in [4.78, 5) is 6.61. The molecule has 1 aromatic carbocycles. The first-order chi connectivity index (χ1) is 8.65. The Hall–Kier alpha value is -1.26. The molecule has 0 aliphatic carbocycles. The molecule has 4 nitrogen and oxygen atoms in total. The largest absolute Gasteiger partial charge is 0.334 e. The zero-order valence-corrected chi connectivity index (χ0v) is 11.4. The summed E-state index contributed by atoms with van der Waals surface area (Å²) in [5, 5.41) is 7.61. The van der Waals surface area contributed by atoms with Crippen LogP contribution < -0.4 is 0 Å². The van der Waals surface area contributed by atoms with Gasteiger partial charge in [0, 0.05) is 24.2 Å². The number of hydrogen-bond acceptors (Lipinski definition) is 4. The molecule has 3 rings (SSSR count). The van der Waals surface area contributed by atoms with Crippen LogP contribution >= 0.6 is 23.2 Å². The summed E-state index contributed by atoms with van der Waals surface area (Å²) in [6.07, 6.45) is 0. The Morgan fingerprint density at radius 3 is 2.89 bits per heavy atom. The van der Waals surface area contributed by atoms with E-state index in [4.69, 9.17) is 23.2 Å². The predicted octanol–water partition coefficient (Wildman–Crippen LogP) is 2.31. The number of benzene rings is 1. The normalized spacial score (nSPS) is 18.6. The van der Waals surface area contributed by atoms with E-state index in [0.717, 1.165) is 36.9 Å². The van der Waals surface area contributed by atoms with E-state index in [2.05, 4.69) is 15.0 Å². The Morgan fingerprint density at radius 1 is 1.28 bits per heavy atom. The second-order valence-electron chi connectivity index (χ2n) is 4.30. The number of hydrogen-bond donors (Lipinski definition) is 0. The summed E-state index contributed by atoms with van der Waals surface area (Å²) in [7, 11) is 1.90. The molecule has 18 heavy (non-hydrogen) atoms. The molecule has 1 aromatic rings. The van der Waals surface area contributed by atoms with Crippen molar-refractivity contribution in [3.63, 3.8) is 0 Å². The van der Waals surface area contributed by atoms with Crippen LogP contribution in [-0.2, 0) is 0 Å². The Balaban J connectivity index is 1.98. The van der Waals surface area contributed by atoms with Crippen LogP contribution in [0.5, 0.6) is 0 Å². The van der Waals surface area contributed by atoms with Crippen molar-refractivity contribution >= 4 is 34.9 Å². The zero-order chi connectivity index (χ0) is 12.7. The highest BCUT2D eigenvalue weighted by Crippen LogP contribution is 2.24. The second kappa shape index (κ2) is 4.44. The Bertz CT molecular complexity index is 553. The highest BCUT2D eigenvalue weighted by molar-refractivity contribution is 6.37. The Morgan fingerprint density at radius 2 is 2.11 bits per heavy atom. The second-order valence-corrected chi connectivity index (χ2v) is 5.14. The minimum atomic E-state index is 0.634. The van der Waals surface area contributed by atoms with Crippen molar-refractivity contribution in [2.24, 2.45) is 10.1 Å². The molecule has 0 fully saturated rings. The van der Waals surface area contributed by atoms with Gasteiger partial charge in [-0.1, -0.05) is 29.3 Å². The van der Waals surface area contributed by atoms with Crippen LogP contribution in [0.15, 0.2) is 28.3 Å². The van der Waals surface area contributed by atoms with Crippen molar-refractivity contribution in [3.8, 4) is 0 Å². The van der Waals surface area contributed by atoms with E-state index in [9.17, 15) is 0 Å². The number of nitrogens with zero attached hydrogens (tertiary/aromatic N) is 4. The molecule has 0 aromatic heterocycles. The van der Waals surface area contributed by atoms with Gasteiger partial charge in [-0.2, -0.15) is 5.10 Å². The maximum atomic E-state index is 6.22. The molecule has 94 valence electrons. The van der Waals surface area contributed by atoms with Crippen LogP contribution in [0, 0.1) is 0 Å². The van der Waals surface area contributed by atoms with Crippen molar-refractivity contribution in [1.29, 1.82) is 0 Å². The highest BCUT2D eigenvalue weighted by atomic mass is 35.5. The number of halogens is 2. The summed E-state index contributed by atoms with van der Waals surface area (Å²) in [5.74, 6) is 0.934. The molecule has 0 saturated carbocycles. The van der Waals surface area contributed by atoms with Crippen LogP contribution in [0.4, 0.5) is 0 Å². The molecule has 0 amide bonds. The maximum absolute atomic E-state index is 6.22. The fourth-order valence-corrected chi connectivity index (χ4v) is 2.75. The quantitative estimate of drug-likeness (QED) is 0.792. The first-order valence-corrected chi connectivity index (χ1v) is 6.47. The number of fused-ring (bicyclic) bond motifs is 1. The summed E-state index contributed by atoms with van der Waals surface area (Å²) in [6, 6.07) is 5.49. The van der Waals surface area contributed by atoms with E-state index in [0.29, 0.717) is 10.0 Å². The van der Waals surface area contributed by atoms with Gasteiger partial charge in [-0.05, 0) is 12.1 Å². The lowest BCUT2D eigenvalue weighted by atomic mass is 10.1. The zero-order valence-electron chi connectivity index (χ0n) is 9.90. The lowest BCUT2D eigenvalue weighted by Gasteiger charge is -2.31. The van der Waals surface area contributed by atoms with E-state index < -0.39 is 0 Å². The van der Waals surface area contributed by atoms with Crippen LogP contribution in [0.3, 0.4) is 0 Å². The molecule has 0 atom stereocenters. The smallest absolute Gasteiger partial charge is 0.217 e. The molecule has 0 radical (unpaired) electrons. The highest BCUT2D eigenvalue weighted by Gasteiger charge is 2.27. The van der Waals surface area contributed by atoms with Gasteiger partial charge in [-0.15, -0.1) is 0 Å². The van der Waals surface area contributed by atoms with E-state index in [1.54, 1.807) is 11.1 Å². The summed E-state index contributed by atoms with van der Waals surface area (Å²) in [6.45, 7) is 2.51. The average molecular weight is 283 g/mol. The van der Waals surface area contributed by atoms with Gasteiger partial charge in [-0.25, -0.2) is 10.0 Å². The van der Waals surface area contributed by atoms with Gasteiger partial charge < -0.3 is 4.90 Å². The third kappa shape index (κ3) is 1.95. The molecule has 0 unspecified atom stereocenters. The number of rotatable bonds is 1. The average Bonchev–Trinajstić information content (AvgIpc) is 2.77. The van der Waals surface area contributed by atoms with Gasteiger partial charge in [0.1, 0.15) is 0 Å². The molecule has 6 heteroatoms. The van der Waals surface area contributed by atoms with E-state index >= 15 is 0 Å². The monoisotopic (exact) mass is 282 g/mol. The summed E-state index contributed by atoms with van der Waals surface area (Å²) < 4.78 is 0. The van der Waals surface area contributed by atoms with Crippen LogP contribution in [-0.4, -0.2) is 48.3 Å². The number of hydrazone groups is 1. The third-order valence-corrected chi connectivity index (χ3v) is 3.60. The molecule has 2 heterocycles. The van der Waals surface area contributed by atoms with Gasteiger partial charge in [-0.3, -0.25) is 0 Å². The molecule has 0 saturated heterocycles. The van der Waals surface area contributed by atoms with E-state index in [1.165, 1.54) is 0 Å². The maximum Gasteiger partial charge on any atom is 0.217 e. The summed E-state index contributed by atoms with van der Waals surface area (Å²) in [5.41, 5.74) is 1.87. The van der Waals surface area contributed by atoms with Gasteiger partial charge in [0.05, 0.1) is 23.8 Å². The molecule has 0 bridgehead atoms. The fourth-order valence-electron chi connectivity index (χ4n) is 2.23. The van der Waals surface area contributed by atoms with Crippen molar-refractivity contribution in [1.82, 2.24) is 9.91 Å². The lowest BCUT2D eigenvalue weighted by molar-refractivity contribution is 0.393. The standard InChI is InChI=1S/C12H12Cl2N4/c1-17-12-15-4-5-18(12)7-11(16-17)9-3-2-8(13)6-10(9)14/h2-3,6H,4-5,7H2,1H3. The number of guanidine groups is 1. The first kappa shape index (κ1) is 11.8. The molecule has 2 aliphatic rings. The Kier molecular flexibility index (Phi) is 2.92. The van der Waals surface area contributed by atoms with Crippen molar-refractivity contribution in [3.05, 3.63) is 33.8 Å². The minimum absolute atomic E-state index is 0.634. The topological polar surface area (TPSA) is 31.2 Å². The van der Waals surface area contributed by atoms with Crippen LogP contribution in [0.2, 0.25) is 10.0 Å². The minimum Gasteiger partial charge on any atom is -0.334 e. The molecule has 0 N–H and O–H groups in total. The molecular weight excluding hydrogens is 271 g/mol. The van der Waals surface area contributed by atoms with Crippen LogP contribution in [0.25, 0.3) is 0 Å². The van der Waals surface area contributed by atoms with Crippen molar-refractivity contribution in [2.75, 3.05) is 26.7 Å². The molecule has 0 spiro atoms.